The van der Waals surface area contributed by atoms with E-state index in [-0.39, 0.29) is 11.9 Å². The van der Waals surface area contributed by atoms with Gasteiger partial charge in [0.25, 0.3) is 0 Å². The molecule has 0 saturated carbocycles. The van der Waals surface area contributed by atoms with Crippen LogP contribution in [0.15, 0.2) is 42.5 Å². The van der Waals surface area contributed by atoms with Gasteiger partial charge in [0.1, 0.15) is 0 Å². The standard InChI is InChI=1S/C21H29N3O2/c1-17(19-9-5-7-18-6-3-4-8-20(18)19)22-21(25)16-23(2)10-11-24-12-14-26-15-13-24/h3-9,17H,10-16H2,1-2H3,(H,22,25). The smallest absolute Gasteiger partial charge is 0.234 e. The minimum absolute atomic E-state index is 0.0127. The molecule has 0 aromatic heterocycles. The third-order valence-corrected chi connectivity index (χ3v) is 4.98. The lowest BCUT2D eigenvalue weighted by Crippen LogP contribution is -2.43. The SMILES string of the molecule is CC(NC(=O)CN(C)CCN1CCOCC1)c1cccc2ccccc12. The summed E-state index contributed by atoms with van der Waals surface area (Å²) in [5, 5.41) is 5.54. The molecule has 1 atom stereocenters. The predicted octanol–water partition coefficient (Wildman–Crippen LogP) is 2.28. The average Bonchev–Trinajstić information content (AvgIpc) is 2.66. The summed E-state index contributed by atoms with van der Waals surface area (Å²) in [5.74, 6) is 0.0647. The molecule has 5 heteroatoms. The van der Waals surface area contributed by atoms with Gasteiger partial charge in [-0.05, 0) is 30.3 Å². The Morgan fingerprint density at radius 2 is 1.92 bits per heavy atom. The zero-order chi connectivity index (χ0) is 18.4. The molecule has 1 aliphatic heterocycles. The number of ether oxygens (including phenoxy) is 1. The summed E-state index contributed by atoms with van der Waals surface area (Å²) < 4.78 is 5.37. The molecule has 2 aromatic carbocycles. The summed E-state index contributed by atoms with van der Waals surface area (Å²) in [6.07, 6.45) is 0. The number of hydrogen-bond acceptors (Lipinski definition) is 4. The zero-order valence-corrected chi connectivity index (χ0v) is 15.8. The van der Waals surface area contributed by atoms with Crippen LogP contribution in [0, 0.1) is 0 Å². The number of nitrogens with one attached hydrogen (secondary N) is 1. The Morgan fingerprint density at radius 1 is 1.19 bits per heavy atom. The van der Waals surface area contributed by atoms with Crippen LogP contribution in [0.5, 0.6) is 0 Å². The fourth-order valence-corrected chi connectivity index (χ4v) is 3.45. The van der Waals surface area contributed by atoms with E-state index >= 15 is 0 Å². The molecular formula is C21H29N3O2. The molecule has 2 aromatic rings. The lowest BCUT2D eigenvalue weighted by atomic mass is 10.00. The Labute approximate surface area is 155 Å². The summed E-state index contributed by atoms with van der Waals surface area (Å²) >= 11 is 0. The number of hydrogen-bond donors (Lipinski definition) is 1. The van der Waals surface area contributed by atoms with Gasteiger partial charge in [0, 0.05) is 26.2 Å². The Hall–Kier alpha value is -1.95. The second-order valence-electron chi connectivity index (χ2n) is 7.05. The van der Waals surface area contributed by atoms with Crippen LogP contribution >= 0.6 is 0 Å². The molecule has 5 nitrogen and oxygen atoms in total. The number of carbonyl (C=O) groups is 1. The van der Waals surface area contributed by atoms with Crippen LogP contribution < -0.4 is 5.32 Å². The lowest BCUT2D eigenvalue weighted by Gasteiger charge is -2.28. The Bertz CT molecular complexity index is 723. The molecular weight excluding hydrogens is 326 g/mol. The van der Waals surface area contributed by atoms with Crippen molar-refractivity contribution in [1.29, 1.82) is 0 Å². The lowest BCUT2D eigenvalue weighted by molar-refractivity contribution is -0.122. The van der Waals surface area contributed by atoms with Gasteiger partial charge in [0.2, 0.25) is 5.91 Å². The number of likely N-dealkylation sites (N-methyl/N-ethyl adjacent to an activating group) is 1. The highest BCUT2D eigenvalue weighted by atomic mass is 16.5. The Kier molecular flexibility index (Phi) is 6.61. The van der Waals surface area contributed by atoms with Crippen LogP contribution in [0.25, 0.3) is 10.8 Å². The topological polar surface area (TPSA) is 44.8 Å². The molecule has 0 spiro atoms. The fourth-order valence-electron chi connectivity index (χ4n) is 3.45. The van der Waals surface area contributed by atoms with Gasteiger partial charge >= 0.3 is 0 Å². The van der Waals surface area contributed by atoms with E-state index in [2.05, 4.69) is 45.4 Å². The van der Waals surface area contributed by atoms with Gasteiger partial charge in [0.05, 0.1) is 25.8 Å². The monoisotopic (exact) mass is 355 g/mol. The van der Waals surface area contributed by atoms with Crippen molar-refractivity contribution in [2.45, 2.75) is 13.0 Å². The van der Waals surface area contributed by atoms with Crippen LogP contribution in [0.3, 0.4) is 0 Å². The fraction of sp³-hybridized carbons (Fsp3) is 0.476. The third kappa shape index (κ3) is 5.04. The maximum Gasteiger partial charge on any atom is 0.234 e. The van der Waals surface area contributed by atoms with Crippen LogP contribution in [-0.4, -0.2) is 68.7 Å². The number of morpholine rings is 1. The number of carbonyl (C=O) groups excluding carboxylic acids is 1. The van der Waals surface area contributed by atoms with E-state index in [1.54, 1.807) is 0 Å². The van der Waals surface area contributed by atoms with Crippen LogP contribution in [-0.2, 0) is 9.53 Å². The summed E-state index contributed by atoms with van der Waals surface area (Å²) in [6, 6.07) is 14.5. The summed E-state index contributed by atoms with van der Waals surface area (Å²) in [7, 11) is 2.00. The maximum atomic E-state index is 12.4. The van der Waals surface area contributed by atoms with Gasteiger partial charge in [0.15, 0.2) is 0 Å². The highest BCUT2D eigenvalue weighted by Gasteiger charge is 2.15. The van der Waals surface area contributed by atoms with Crippen molar-refractivity contribution in [3.63, 3.8) is 0 Å². The molecule has 1 saturated heterocycles. The highest BCUT2D eigenvalue weighted by molar-refractivity contribution is 5.87. The molecule has 3 rings (SSSR count). The molecule has 0 radical (unpaired) electrons. The Morgan fingerprint density at radius 3 is 2.73 bits per heavy atom. The summed E-state index contributed by atoms with van der Waals surface area (Å²) in [4.78, 5) is 16.9. The molecule has 1 N–H and O–H groups in total. The molecule has 1 unspecified atom stereocenters. The first-order valence-electron chi connectivity index (χ1n) is 9.39. The molecule has 0 bridgehead atoms. The van der Waals surface area contributed by atoms with Crippen LogP contribution in [0.4, 0.5) is 0 Å². The van der Waals surface area contributed by atoms with Crippen molar-refractivity contribution in [2.24, 2.45) is 0 Å². The number of rotatable bonds is 7. The van der Waals surface area contributed by atoms with E-state index in [0.717, 1.165) is 45.0 Å². The number of nitrogens with zero attached hydrogens (tertiary/aromatic N) is 2. The highest BCUT2D eigenvalue weighted by Crippen LogP contribution is 2.23. The van der Waals surface area contributed by atoms with Gasteiger partial charge < -0.3 is 10.1 Å². The molecule has 1 amide bonds. The molecule has 140 valence electrons. The quantitative estimate of drug-likeness (QED) is 0.828. The van der Waals surface area contributed by atoms with E-state index < -0.39 is 0 Å². The van der Waals surface area contributed by atoms with Crippen molar-refractivity contribution in [2.75, 3.05) is 53.0 Å². The largest absolute Gasteiger partial charge is 0.379 e. The minimum atomic E-state index is -0.0127. The van der Waals surface area contributed by atoms with Gasteiger partial charge in [-0.1, -0.05) is 42.5 Å². The molecule has 1 heterocycles. The second-order valence-corrected chi connectivity index (χ2v) is 7.05. The third-order valence-electron chi connectivity index (χ3n) is 4.98. The predicted molar refractivity (Wildman–Crippen MR) is 105 cm³/mol. The molecule has 26 heavy (non-hydrogen) atoms. The van der Waals surface area contributed by atoms with Gasteiger partial charge in [-0.2, -0.15) is 0 Å². The average molecular weight is 355 g/mol. The van der Waals surface area contributed by atoms with E-state index in [0.29, 0.717) is 6.54 Å². The van der Waals surface area contributed by atoms with E-state index in [1.807, 2.05) is 26.1 Å². The van der Waals surface area contributed by atoms with Crippen molar-refractivity contribution < 1.29 is 9.53 Å². The number of amides is 1. The van der Waals surface area contributed by atoms with Gasteiger partial charge in [-0.3, -0.25) is 14.6 Å². The molecule has 0 aliphatic carbocycles. The second kappa shape index (κ2) is 9.12. The van der Waals surface area contributed by atoms with E-state index in [4.69, 9.17) is 4.74 Å². The maximum absolute atomic E-state index is 12.4. The summed E-state index contributed by atoms with van der Waals surface area (Å²) in [6.45, 7) is 7.92. The van der Waals surface area contributed by atoms with E-state index in [1.165, 1.54) is 10.8 Å². The first-order valence-corrected chi connectivity index (χ1v) is 9.39. The van der Waals surface area contributed by atoms with Gasteiger partial charge in [-0.25, -0.2) is 0 Å². The van der Waals surface area contributed by atoms with Crippen LogP contribution in [0.1, 0.15) is 18.5 Å². The van der Waals surface area contributed by atoms with Crippen molar-refractivity contribution in [3.05, 3.63) is 48.0 Å². The summed E-state index contributed by atoms with van der Waals surface area (Å²) in [5.41, 5.74) is 1.16. The minimum Gasteiger partial charge on any atom is -0.379 e. The van der Waals surface area contributed by atoms with Crippen molar-refractivity contribution in [3.8, 4) is 0 Å². The number of benzene rings is 2. The Balaban J connectivity index is 1.50. The first kappa shape index (κ1) is 18.8. The van der Waals surface area contributed by atoms with Crippen LogP contribution in [0.2, 0.25) is 0 Å². The number of fused-ring (bicyclic) bond motifs is 1. The van der Waals surface area contributed by atoms with Gasteiger partial charge in [-0.15, -0.1) is 0 Å². The van der Waals surface area contributed by atoms with E-state index in [9.17, 15) is 4.79 Å². The van der Waals surface area contributed by atoms with Crippen molar-refractivity contribution in [1.82, 2.24) is 15.1 Å². The normalized spacial score (nSPS) is 16.7. The molecule has 1 aliphatic rings. The molecule has 1 fully saturated rings. The first-order chi connectivity index (χ1) is 12.6. The zero-order valence-electron chi connectivity index (χ0n) is 15.8. The van der Waals surface area contributed by atoms with Crippen molar-refractivity contribution >= 4 is 16.7 Å².